The van der Waals surface area contributed by atoms with Crippen molar-refractivity contribution >= 4 is 11.7 Å². The Labute approximate surface area is 120 Å². The van der Waals surface area contributed by atoms with E-state index in [1.54, 1.807) is 7.11 Å². The molecule has 1 amide bonds. The number of carbonyl (C=O) groups excluding carboxylic acids is 1. The van der Waals surface area contributed by atoms with Gasteiger partial charge in [-0.2, -0.15) is 0 Å². The van der Waals surface area contributed by atoms with E-state index < -0.39 is 0 Å². The maximum absolute atomic E-state index is 12.6. The lowest BCUT2D eigenvalue weighted by molar-refractivity contribution is 0.0350. The van der Waals surface area contributed by atoms with Crippen molar-refractivity contribution in [3.63, 3.8) is 0 Å². The zero-order valence-corrected chi connectivity index (χ0v) is 12.5. The van der Waals surface area contributed by atoms with Crippen LogP contribution < -0.4 is 5.32 Å². The third-order valence-electron chi connectivity index (χ3n) is 3.81. The molecule has 1 saturated heterocycles. The van der Waals surface area contributed by atoms with E-state index in [9.17, 15) is 4.79 Å². The lowest BCUT2D eigenvalue weighted by Crippen LogP contribution is -2.40. The molecule has 1 fully saturated rings. The average molecular weight is 277 g/mol. The first kappa shape index (κ1) is 14.8. The van der Waals surface area contributed by atoms with Gasteiger partial charge in [0, 0.05) is 38.5 Å². The molecule has 0 spiro atoms. The van der Waals surface area contributed by atoms with Gasteiger partial charge in [0.25, 0.3) is 5.91 Å². The van der Waals surface area contributed by atoms with Crippen molar-refractivity contribution in [3.05, 3.63) is 23.4 Å². The maximum Gasteiger partial charge on any atom is 0.254 e. The smallest absolute Gasteiger partial charge is 0.254 e. The number of likely N-dealkylation sites (tertiary alicyclic amines) is 1. The molecule has 5 heteroatoms. The summed E-state index contributed by atoms with van der Waals surface area (Å²) in [6.45, 7) is 3.56. The molecule has 0 bridgehead atoms. The molecule has 0 atom stereocenters. The van der Waals surface area contributed by atoms with Crippen LogP contribution in [0, 0.1) is 0 Å². The lowest BCUT2D eigenvalue weighted by atomic mass is 10.1. The van der Waals surface area contributed by atoms with Gasteiger partial charge < -0.3 is 15.0 Å². The molecule has 1 aromatic rings. The van der Waals surface area contributed by atoms with Crippen molar-refractivity contribution < 1.29 is 9.53 Å². The number of rotatable bonds is 4. The molecule has 1 N–H and O–H groups in total. The Morgan fingerprint density at radius 1 is 1.45 bits per heavy atom. The van der Waals surface area contributed by atoms with Gasteiger partial charge in [-0.15, -0.1) is 0 Å². The molecule has 1 aliphatic heterocycles. The van der Waals surface area contributed by atoms with E-state index in [2.05, 4.69) is 10.3 Å². The van der Waals surface area contributed by atoms with E-state index in [1.807, 2.05) is 31.0 Å². The standard InChI is InChI=1S/C15H23N3O2/c1-4-12-9-11(10-14(16-2)17-12)15(19)18-7-5-13(20-3)6-8-18/h9-10,13H,4-8H2,1-3H3,(H,16,17). The molecule has 0 radical (unpaired) electrons. The van der Waals surface area contributed by atoms with Gasteiger partial charge in [0.2, 0.25) is 0 Å². The van der Waals surface area contributed by atoms with Gasteiger partial charge in [0.05, 0.1) is 6.10 Å². The van der Waals surface area contributed by atoms with Crippen LogP contribution in [0.25, 0.3) is 0 Å². The van der Waals surface area contributed by atoms with Gasteiger partial charge in [0.1, 0.15) is 5.82 Å². The van der Waals surface area contributed by atoms with E-state index in [-0.39, 0.29) is 12.0 Å². The van der Waals surface area contributed by atoms with Crippen molar-refractivity contribution in [2.45, 2.75) is 32.3 Å². The second-order valence-corrected chi connectivity index (χ2v) is 5.06. The number of methoxy groups -OCH3 is 1. The fourth-order valence-corrected chi connectivity index (χ4v) is 2.50. The summed E-state index contributed by atoms with van der Waals surface area (Å²) >= 11 is 0. The van der Waals surface area contributed by atoms with Gasteiger partial charge in [-0.25, -0.2) is 4.98 Å². The highest BCUT2D eigenvalue weighted by atomic mass is 16.5. The van der Waals surface area contributed by atoms with E-state index in [1.165, 1.54) is 0 Å². The predicted molar refractivity (Wildman–Crippen MR) is 79.1 cm³/mol. The summed E-state index contributed by atoms with van der Waals surface area (Å²) in [5, 5.41) is 3.01. The Balaban J connectivity index is 2.12. The number of anilines is 1. The molecule has 0 aliphatic carbocycles. The Bertz CT molecular complexity index is 446. The molecule has 110 valence electrons. The van der Waals surface area contributed by atoms with Gasteiger partial charge in [-0.1, -0.05) is 6.92 Å². The summed E-state index contributed by atoms with van der Waals surface area (Å²) in [6, 6.07) is 3.72. The van der Waals surface area contributed by atoms with Crippen molar-refractivity contribution in [2.75, 3.05) is 32.6 Å². The molecule has 2 heterocycles. The number of aromatic nitrogens is 1. The number of amides is 1. The van der Waals surface area contributed by atoms with Crippen LogP contribution in [0.1, 0.15) is 35.8 Å². The van der Waals surface area contributed by atoms with E-state index in [0.29, 0.717) is 0 Å². The number of ether oxygens (including phenoxy) is 1. The second-order valence-electron chi connectivity index (χ2n) is 5.06. The molecule has 1 aromatic heterocycles. The first-order valence-electron chi connectivity index (χ1n) is 7.18. The molecular weight excluding hydrogens is 254 g/mol. The predicted octanol–water partition coefficient (Wildman–Crippen LogP) is 1.94. The van der Waals surface area contributed by atoms with Crippen LogP contribution in [0.2, 0.25) is 0 Å². The van der Waals surface area contributed by atoms with Crippen LogP contribution in [-0.2, 0) is 11.2 Å². The van der Waals surface area contributed by atoms with Gasteiger partial charge in [-0.05, 0) is 31.4 Å². The monoisotopic (exact) mass is 277 g/mol. The fourth-order valence-electron chi connectivity index (χ4n) is 2.50. The Morgan fingerprint density at radius 2 is 2.15 bits per heavy atom. The summed E-state index contributed by atoms with van der Waals surface area (Å²) in [7, 11) is 3.55. The minimum atomic E-state index is 0.0909. The first-order chi connectivity index (χ1) is 9.67. The SMILES string of the molecule is CCc1cc(C(=O)N2CCC(OC)CC2)cc(NC)n1. The van der Waals surface area contributed by atoms with Gasteiger partial charge >= 0.3 is 0 Å². The summed E-state index contributed by atoms with van der Waals surface area (Å²) in [5.41, 5.74) is 1.66. The molecule has 20 heavy (non-hydrogen) atoms. The Kier molecular flexibility index (Phi) is 4.95. The van der Waals surface area contributed by atoms with Crippen LogP contribution in [0.15, 0.2) is 12.1 Å². The Morgan fingerprint density at radius 3 is 2.70 bits per heavy atom. The van der Waals surface area contributed by atoms with E-state index >= 15 is 0 Å². The summed E-state index contributed by atoms with van der Waals surface area (Å²) in [4.78, 5) is 18.9. The average Bonchev–Trinajstić information content (AvgIpc) is 2.53. The maximum atomic E-state index is 12.6. The number of nitrogens with one attached hydrogen (secondary N) is 1. The van der Waals surface area contributed by atoms with Crippen LogP contribution >= 0.6 is 0 Å². The topological polar surface area (TPSA) is 54.5 Å². The van der Waals surface area contributed by atoms with Crippen LogP contribution in [-0.4, -0.2) is 49.1 Å². The number of aryl methyl sites for hydroxylation is 1. The minimum Gasteiger partial charge on any atom is -0.381 e. The minimum absolute atomic E-state index is 0.0909. The number of pyridine rings is 1. The van der Waals surface area contributed by atoms with Crippen LogP contribution in [0.3, 0.4) is 0 Å². The molecule has 2 rings (SSSR count). The van der Waals surface area contributed by atoms with Crippen LogP contribution in [0.4, 0.5) is 5.82 Å². The summed E-state index contributed by atoms with van der Waals surface area (Å²) < 4.78 is 5.34. The highest BCUT2D eigenvalue weighted by Crippen LogP contribution is 2.18. The zero-order valence-electron chi connectivity index (χ0n) is 12.5. The number of hydrogen-bond donors (Lipinski definition) is 1. The van der Waals surface area contributed by atoms with Gasteiger partial charge in [-0.3, -0.25) is 4.79 Å². The molecule has 0 aromatic carbocycles. The number of hydrogen-bond acceptors (Lipinski definition) is 4. The van der Waals surface area contributed by atoms with Crippen LogP contribution in [0.5, 0.6) is 0 Å². The quantitative estimate of drug-likeness (QED) is 0.914. The first-order valence-corrected chi connectivity index (χ1v) is 7.18. The third-order valence-corrected chi connectivity index (χ3v) is 3.81. The van der Waals surface area contributed by atoms with Crippen molar-refractivity contribution in [3.8, 4) is 0 Å². The van der Waals surface area contributed by atoms with Crippen molar-refractivity contribution in [2.24, 2.45) is 0 Å². The summed E-state index contributed by atoms with van der Waals surface area (Å²) in [6.07, 6.45) is 2.93. The molecule has 0 unspecified atom stereocenters. The van der Waals surface area contributed by atoms with Gasteiger partial charge in [0.15, 0.2) is 0 Å². The molecular formula is C15H23N3O2. The molecule has 0 saturated carbocycles. The zero-order chi connectivity index (χ0) is 14.5. The normalized spacial score (nSPS) is 16.2. The molecule has 1 aliphatic rings. The lowest BCUT2D eigenvalue weighted by Gasteiger charge is -2.31. The second kappa shape index (κ2) is 6.70. The number of nitrogens with zero attached hydrogens (tertiary/aromatic N) is 2. The highest BCUT2D eigenvalue weighted by molar-refractivity contribution is 5.95. The van der Waals surface area contributed by atoms with Crippen molar-refractivity contribution in [1.82, 2.24) is 9.88 Å². The fraction of sp³-hybridized carbons (Fsp3) is 0.600. The van der Waals surface area contributed by atoms with E-state index in [4.69, 9.17) is 4.74 Å². The summed E-state index contributed by atoms with van der Waals surface area (Å²) in [5.74, 6) is 0.840. The number of carbonyl (C=O) groups is 1. The third kappa shape index (κ3) is 3.28. The number of piperidine rings is 1. The van der Waals surface area contributed by atoms with E-state index in [0.717, 1.165) is 49.4 Å². The Hall–Kier alpha value is -1.62. The highest BCUT2D eigenvalue weighted by Gasteiger charge is 2.23. The van der Waals surface area contributed by atoms with Crippen molar-refractivity contribution in [1.29, 1.82) is 0 Å². The molecule has 5 nitrogen and oxygen atoms in total. The largest absolute Gasteiger partial charge is 0.381 e.